The molecule has 1 amide bonds. The standard InChI is InChI=1S/C3H6N6O/c4-2(10)1-9-3(5)6-7-8-9/h1H2,(H2,4,10)(H2,5,6,8). The van der Waals surface area contributed by atoms with Gasteiger partial charge in [-0.05, 0) is 10.4 Å². The van der Waals surface area contributed by atoms with E-state index in [0.29, 0.717) is 0 Å². The van der Waals surface area contributed by atoms with Gasteiger partial charge in [-0.1, -0.05) is 5.10 Å². The molecule has 0 radical (unpaired) electrons. The zero-order valence-electron chi connectivity index (χ0n) is 5.06. The van der Waals surface area contributed by atoms with Crippen molar-refractivity contribution in [2.24, 2.45) is 5.73 Å². The van der Waals surface area contributed by atoms with Crippen molar-refractivity contribution in [2.75, 3.05) is 5.73 Å². The molecule has 0 unspecified atom stereocenters. The van der Waals surface area contributed by atoms with E-state index >= 15 is 0 Å². The molecule has 54 valence electrons. The Labute approximate surface area is 56.0 Å². The molecule has 0 aliphatic rings. The smallest absolute Gasteiger partial charge is 0.240 e. The van der Waals surface area contributed by atoms with E-state index in [1.165, 1.54) is 0 Å². The summed E-state index contributed by atoms with van der Waals surface area (Å²) < 4.78 is 1.11. The summed E-state index contributed by atoms with van der Waals surface area (Å²) >= 11 is 0. The molecular weight excluding hydrogens is 136 g/mol. The molecule has 7 nitrogen and oxygen atoms in total. The Hall–Kier alpha value is -1.66. The molecule has 4 N–H and O–H groups in total. The average Bonchev–Trinajstić information content (AvgIpc) is 2.15. The van der Waals surface area contributed by atoms with Gasteiger partial charge in [-0.25, -0.2) is 4.68 Å². The monoisotopic (exact) mass is 142 g/mol. The third kappa shape index (κ3) is 1.19. The normalized spacial score (nSPS) is 9.60. The van der Waals surface area contributed by atoms with Crippen molar-refractivity contribution in [1.82, 2.24) is 20.2 Å². The summed E-state index contributed by atoms with van der Waals surface area (Å²) in [6.45, 7) is -0.0845. The number of nitrogen functional groups attached to an aromatic ring is 1. The predicted octanol–water partition coefficient (Wildman–Crippen LogP) is -2.26. The second-order valence-corrected chi connectivity index (χ2v) is 1.66. The number of nitrogens with zero attached hydrogens (tertiary/aromatic N) is 4. The Morgan fingerprint density at radius 3 is 2.80 bits per heavy atom. The molecule has 0 bridgehead atoms. The number of carbonyl (C=O) groups excluding carboxylic acids is 1. The Morgan fingerprint density at radius 2 is 2.40 bits per heavy atom. The molecule has 1 heterocycles. The van der Waals surface area contributed by atoms with E-state index in [-0.39, 0.29) is 12.5 Å². The fourth-order valence-corrected chi connectivity index (χ4v) is 0.472. The molecule has 0 spiro atoms. The fourth-order valence-electron chi connectivity index (χ4n) is 0.472. The maximum atomic E-state index is 10.3. The number of amides is 1. The zero-order chi connectivity index (χ0) is 7.56. The van der Waals surface area contributed by atoms with Crippen LogP contribution in [0.25, 0.3) is 0 Å². The molecular formula is C3H6N6O. The Bertz CT molecular complexity index is 241. The number of hydrogen-bond acceptors (Lipinski definition) is 5. The van der Waals surface area contributed by atoms with Gasteiger partial charge < -0.3 is 11.5 Å². The molecule has 0 aliphatic carbocycles. The van der Waals surface area contributed by atoms with E-state index in [1.54, 1.807) is 0 Å². The molecule has 0 fully saturated rings. The van der Waals surface area contributed by atoms with Crippen LogP contribution in [0.3, 0.4) is 0 Å². The first-order chi connectivity index (χ1) is 4.70. The van der Waals surface area contributed by atoms with Crippen molar-refractivity contribution in [1.29, 1.82) is 0 Å². The lowest BCUT2D eigenvalue weighted by Gasteiger charge is -1.93. The lowest BCUT2D eigenvalue weighted by molar-refractivity contribution is -0.118. The summed E-state index contributed by atoms with van der Waals surface area (Å²) in [6, 6.07) is 0. The van der Waals surface area contributed by atoms with Crippen LogP contribution in [0, 0.1) is 0 Å². The van der Waals surface area contributed by atoms with Crippen LogP contribution in [0.4, 0.5) is 5.95 Å². The molecule has 10 heavy (non-hydrogen) atoms. The Morgan fingerprint density at radius 1 is 1.70 bits per heavy atom. The van der Waals surface area contributed by atoms with Crippen LogP contribution in [0.5, 0.6) is 0 Å². The first kappa shape index (κ1) is 6.46. The lowest BCUT2D eigenvalue weighted by Crippen LogP contribution is -2.20. The van der Waals surface area contributed by atoms with Crippen molar-refractivity contribution >= 4 is 11.9 Å². The topological polar surface area (TPSA) is 113 Å². The number of carbonyl (C=O) groups is 1. The predicted molar refractivity (Wildman–Crippen MR) is 31.4 cm³/mol. The van der Waals surface area contributed by atoms with Crippen LogP contribution in [0.15, 0.2) is 0 Å². The SMILES string of the molecule is NC(=O)Cn1nnnc1N. The molecule has 0 aromatic carbocycles. The maximum absolute atomic E-state index is 10.3. The van der Waals surface area contributed by atoms with E-state index in [9.17, 15) is 4.79 Å². The van der Waals surface area contributed by atoms with E-state index in [4.69, 9.17) is 11.5 Å². The third-order valence-electron chi connectivity index (χ3n) is 0.865. The second-order valence-electron chi connectivity index (χ2n) is 1.66. The number of hydrogen-bond donors (Lipinski definition) is 2. The average molecular weight is 142 g/mol. The van der Waals surface area contributed by atoms with Gasteiger partial charge in [0.2, 0.25) is 11.9 Å². The summed E-state index contributed by atoms with van der Waals surface area (Å²) in [4.78, 5) is 10.3. The summed E-state index contributed by atoms with van der Waals surface area (Å²) in [5.41, 5.74) is 10.0. The van der Waals surface area contributed by atoms with Gasteiger partial charge in [0.15, 0.2) is 0 Å². The number of tetrazole rings is 1. The van der Waals surface area contributed by atoms with Crippen molar-refractivity contribution in [2.45, 2.75) is 6.54 Å². The molecule has 1 aromatic heterocycles. The van der Waals surface area contributed by atoms with E-state index in [2.05, 4.69) is 15.5 Å². The minimum absolute atomic E-state index is 0.0822. The highest BCUT2D eigenvalue weighted by Crippen LogP contribution is 1.88. The van der Waals surface area contributed by atoms with Crippen LogP contribution in [-0.4, -0.2) is 26.1 Å². The van der Waals surface area contributed by atoms with Crippen LogP contribution in [0.1, 0.15) is 0 Å². The zero-order valence-corrected chi connectivity index (χ0v) is 5.06. The summed E-state index contributed by atoms with van der Waals surface area (Å²) in [5.74, 6) is -0.446. The van der Waals surface area contributed by atoms with Gasteiger partial charge in [0.05, 0.1) is 0 Å². The van der Waals surface area contributed by atoms with Crippen LogP contribution in [-0.2, 0) is 11.3 Å². The number of aromatic nitrogens is 4. The van der Waals surface area contributed by atoms with Gasteiger partial charge >= 0.3 is 0 Å². The summed E-state index contributed by atoms with van der Waals surface area (Å²) in [6.07, 6.45) is 0. The van der Waals surface area contributed by atoms with Crippen LogP contribution >= 0.6 is 0 Å². The van der Waals surface area contributed by atoms with Crippen molar-refractivity contribution in [3.8, 4) is 0 Å². The molecule has 1 rings (SSSR count). The van der Waals surface area contributed by atoms with E-state index in [0.717, 1.165) is 4.68 Å². The highest BCUT2D eigenvalue weighted by molar-refractivity contribution is 5.73. The number of nitrogens with two attached hydrogens (primary N) is 2. The van der Waals surface area contributed by atoms with E-state index < -0.39 is 5.91 Å². The molecule has 0 atom stereocenters. The van der Waals surface area contributed by atoms with Gasteiger partial charge in [0.25, 0.3) is 0 Å². The van der Waals surface area contributed by atoms with Gasteiger partial charge in [0, 0.05) is 0 Å². The highest BCUT2D eigenvalue weighted by Gasteiger charge is 2.02. The molecule has 1 aromatic rings. The Balaban J connectivity index is 2.74. The number of rotatable bonds is 2. The van der Waals surface area contributed by atoms with Gasteiger partial charge in [0.1, 0.15) is 6.54 Å². The first-order valence-electron chi connectivity index (χ1n) is 2.50. The number of anilines is 1. The summed E-state index contributed by atoms with van der Waals surface area (Å²) in [5, 5.41) is 9.93. The lowest BCUT2D eigenvalue weighted by atomic mass is 10.6. The fraction of sp³-hybridized carbons (Fsp3) is 0.333. The number of primary amides is 1. The van der Waals surface area contributed by atoms with Crippen LogP contribution in [0.2, 0.25) is 0 Å². The molecule has 0 aliphatic heterocycles. The largest absolute Gasteiger partial charge is 0.368 e. The molecule has 7 heteroatoms. The Kier molecular flexibility index (Phi) is 1.48. The van der Waals surface area contributed by atoms with Crippen LogP contribution < -0.4 is 11.5 Å². The summed E-state index contributed by atoms with van der Waals surface area (Å²) in [7, 11) is 0. The van der Waals surface area contributed by atoms with Gasteiger partial charge in [-0.2, -0.15) is 0 Å². The third-order valence-corrected chi connectivity index (χ3v) is 0.865. The van der Waals surface area contributed by atoms with Gasteiger partial charge in [-0.3, -0.25) is 4.79 Å². The first-order valence-corrected chi connectivity index (χ1v) is 2.50. The van der Waals surface area contributed by atoms with Crippen molar-refractivity contribution < 1.29 is 4.79 Å². The maximum Gasteiger partial charge on any atom is 0.240 e. The molecule has 0 saturated carbocycles. The van der Waals surface area contributed by atoms with Crippen molar-refractivity contribution in [3.05, 3.63) is 0 Å². The molecule has 0 saturated heterocycles. The van der Waals surface area contributed by atoms with E-state index in [1.807, 2.05) is 0 Å². The highest BCUT2D eigenvalue weighted by atomic mass is 16.1. The second kappa shape index (κ2) is 2.29. The van der Waals surface area contributed by atoms with Crippen molar-refractivity contribution in [3.63, 3.8) is 0 Å². The quantitative estimate of drug-likeness (QED) is 0.483. The minimum Gasteiger partial charge on any atom is -0.368 e. The minimum atomic E-state index is -0.529. The van der Waals surface area contributed by atoms with Gasteiger partial charge in [-0.15, -0.1) is 0 Å².